The van der Waals surface area contributed by atoms with Crippen LogP contribution in [0.2, 0.25) is 0 Å². The Kier molecular flexibility index (Phi) is 2.18. The van der Waals surface area contributed by atoms with Crippen LogP contribution in [-0.2, 0) is 14.3 Å². The number of nitrogens with zero attached hydrogens (tertiary/aromatic N) is 2. The summed E-state index contributed by atoms with van der Waals surface area (Å²) in [5.74, 6) is -0.488. The standard InChI is InChI=1S/C8H8N2O4/c11-7-6(1-4-13-7)14-8(12)10-3-2-9-5-10/h2-3,5-6H,1,4H2. The second kappa shape index (κ2) is 3.49. The average molecular weight is 196 g/mol. The van der Waals surface area contributed by atoms with Gasteiger partial charge >= 0.3 is 12.1 Å². The van der Waals surface area contributed by atoms with Crippen molar-refractivity contribution < 1.29 is 19.1 Å². The maximum absolute atomic E-state index is 11.3. The fourth-order valence-electron chi connectivity index (χ4n) is 1.13. The number of aromatic nitrogens is 2. The highest BCUT2D eigenvalue weighted by Gasteiger charge is 2.30. The molecule has 14 heavy (non-hydrogen) atoms. The highest BCUT2D eigenvalue weighted by atomic mass is 16.6. The molecule has 0 aromatic carbocycles. The summed E-state index contributed by atoms with van der Waals surface area (Å²) in [7, 11) is 0. The Balaban J connectivity index is 1.98. The number of hydrogen-bond donors (Lipinski definition) is 0. The first-order valence-corrected chi connectivity index (χ1v) is 4.13. The molecule has 6 heteroatoms. The van der Waals surface area contributed by atoms with Crippen LogP contribution in [0.15, 0.2) is 18.7 Å². The Morgan fingerprint density at radius 1 is 1.71 bits per heavy atom. The SMILES string of the molecule is O=C1OCCC1OC(=O)n1ccnc1. The van der Waals surface area contributed by atoms with E-state index in [1.165, 1.54) is 18.7 Å². The highest BCUT2D eigenvalue weighted by Crippen LogP contribution is 2.10. The van der Waals surface area contributed by atoms with Gasteiger partial charge in [-0.2, -0.15) is 0 Å². The van der Waals surface area contributed by atoms with Gasteiger partial charge in [-0.05, 0) is 0 Å². The van der Waals surface area contributed by atoms with Crippen molar-refractivity contribution in [2.24, 2.45) is 0 Å². The molecular weight excluding hydrogens is 188 g/mol. The predicted molar refractivity (Wildman–Crippen MR) is 43.5 cm³/mol. The van der Waals surface area contributed by atoms with Crippen molar-refractivity contribution in [2.45, 2.75) is 12.5 Å². The quantitative estimate of drug-likeness (QED) is 0.599. The topological polar surface area (TPSA) is 70.4 Å². The van der Waals surface area contributed by atoms with E-state index in [1.54, 1.807) is 0 Å². The monoisotopic (exact) mass is 196 g/mol. The Morgan fingerprint density at radius 3 is 3.14 bits per heavy atom. The molecule has 1 aromatic heterocycles. The molecule has 2 heterocycles. The second-order valence-electron chi connectivity index (χ2n) is 2.80. The Morgan fingerprint density at radius 2 is 2.57 bits per heavy atom. The summed E-state index contributed by atoms with van der Waals surface area (Å²) in [4.78, 5) is 25.9. The summed E-state index contributed by atoms with van der Waals surface area (Å²) in [6, 6.07) is 0. The van der Waals surface area contributed by atoms with Gasteiger partial charge in [-0.3, -0.25) is 0 Å². The molecule has 0 bridgehead atoms. The average Bonchev–Trinajstić information content (AvgIpc) is 2.77. The zero-order chi connectivity index (χ0) is 9.97. The molecule has 2 rings (SSSR count). The van der Waals surface area contributed by atoms with Crippen molar-refractivity contribution in [3.63, 3.8) is 0 Å². The minimum Gasteiger partial charge on any atom is -0.463 e. The fourth-order valence-corrected chi connectivity index (χ4v) is 1.13. The minimum atomic E-state index is -0.773. The van der Waals surface area contributed by atoms with Crippen molar-refractivity contribution in [2.75, 3.05) is 6.61 Å². The number of rotatable bonds is 1. The van der Waals surface area contributed by atoms with Gasteiger partial charge in [0.15, 0.2) is 0 Å². The third kappa shape index (κ3) is 1.59. The van der Waals surface area contributed by atoms with Gasteiger partial charge in [0.1, 0.15) is 6.33 Å². The third-order valence-corrected chi connectivity index (χ3v) is 1.85. The van der Waals surface area contributed by atoms with Gasteiger partial charge in [-0.25, -0.2) is 19.1 Å². The molecule has 0 aliphatic carbocycles. The number of carbonyl (C=O) groups excluding carboxylic acids is 2. The molecule has 1 aliphatic heterocycles. The van der Waals surface area contributed by atoms with Gasteiger partial charge in [0.2, 0.25) is 6.10 Å². The third-order valence-electron chi connectivity index (χ3n) is 1.85. The molecule has 1 fully saturated rings. The summed E-state index contributed by atoms with van der Waals surface area (Å²) in [6.07, 6.45) is 3.23. The van der Waals surface area contributed by atoms with Crippen LogP contribution >= 0.6 is 0 Å². The van der Waals surface area contributed by atoms with Gasteiger partial charge in [-0.1, -0.05) is 0 Å². The minimum absolute atomic E-state index is 0.306. The van der Waals surface area contributed by atoms with Crippen molar-refractivity contribution in [3.05, 3.63) is 18.7 Å². The van der Waals surface area contributed by atoms with E-state index in [4.69, 9.17) is 4.74 Å². The summed E-state index contributed by atoms with van der Waals surface area (Å²) in [5.41, 5.74) is 0. The van der Waals surface area contributed by atoms with Crippen molar-refractivity contribution in [1.82, 2.24) is 9.55 Å². The number of esters is 1. The van der Waals surface area contributed by atoms with Crippen molar-refractivity contribution in [3.8, 4) is 0 Å². The van der Waals surface area contributed by atoms with Crippen LogP contribution < -0.4 is 0 Å². The molecule has 1 aromatic rings. The van der Waals surface area contributed by atoms with Gasteiger partial charge in [-0.15, -0.1) is 0 Å². The molecule has 0 amide bonds. The molecule has 1 atom stereocenters. The van der Waals surface area contributed by atoms with E-state index in [0.29, 0.717) is 13.0 Å². The zero-order valence-electron chi connectivity index (χ0n) is 7.25. The van der Waals surface area contributed by atoms with Crippen LogP contribution in [0.3, 0.4) is 0 Å². The van der Waals surface area contributed by atoms with E-state index in [2.05, 4.69) is 9.72 Å². The molecule has 0 N–H and O–H groups in total. The number of cyclic esters (lactones) is 1. The summed E-state index contributed by atoms with van der Waals surface area (Å²) >= 11 is 0. The number of carbonyl (C=O) groups is 2. The number of imidazole rings is 1. The van der Waals surface area contributed by atoms with Crippen molar-refractivity contribution in [1.29, 1.82) is 0 Å². The van der Waals surface area contributed by atoms with E-state index in [9.17, 15) is 9.59 Å². The largest absolute Gasteiger partial charge is 0.463 e. The van der Waals surface area contributed by atoms with Crippen LogP contribution in [0.1, 0.15) is 6.42 Å². The normalized spacial score (nSPS) is 20.6. The highest BCUT2D eigenvalue weighted by molar-refractivity contribution is 5.80. The second-order valence-corrected chi connectivity index (χ2v) is 2.80. The molecule has 0 saturated carbocycles. The lowest BCUT2D eigenvalue weighted by molar-refractivity contribution is -0.144. The molecule has 0 radical (unpaired) electrons. The molecular formula is C8H8N2O4. The predicted octanol–water partition coefficient (Wildman–Crippen LogP) is 0.183. The van der Waals surface area contributed by atoms with Crippen LogP contribution in [-0.4, -0.2) is 34.3 Å². The maximum Gasteiger partial charge on any atom is 0.420 e. The number of ether oxygens (including phenoxy) is 2. The first-order chi connectivity index (χ1) is 6.77. The van der Waals surface area contributed by atoms with E-state index in [1.807, 2.05) is 0 Å². The lowest BCUT2D eigenvalue weighted by atomic mass is 10.3. The molecule has 0 spiro atoms. The molecule has 1 saturated heterocycles. The van der Waals surface area contributed by atoms with Gasteiger partial charge in [0, 0.05) is 18.8 Å². The Labute approximate surface area is 79.4 Å². The summed E-state index contributed by atoms with van der Waals surface area (Å²) in [6.45, 7) is 0.306. The fraction of sp³-hybridized carbons (Fsp3) is 0.375. The van der Waals surface area contributed by atoms with E-state index in [0.717, 1.165) is 4.57 Å². The molecule has 6 nitrogen and oxygen atoms in total. The molecule has 74 valence electrons. The van der Waals surface area contributed by atoms with E-state index < -0.39 is 18.2 Å². The Bertz CT molecular complexity index is 346. The molecule has 1 aliphatic rings. The lowest BCUT2D eigenvalue weighted by Crippen LogP contribution is -2.25. The maximum atomic E-state index is 11.3. The van der Waals surface area contributed by atoms with Gasteiger partial charge in [0.05, 0.1) is 6.61 Å². The van der Waals surface area contributed by atoms with E-state index >= 15 is 0 Å². The smallest absolute Gasteiger partial charge is 0.420 e. The van der Waals surface area contributed by atoms with Crippen LogP contribution in [0, 0.1) is 0 Å². The zero-order valence-corrected chi connectivity index (χ0v) is 7.25. The first-order valence-electron chi connectivity index (χ1n) is 4.13. The van der Waals surface area contributed by atoms with Crippen LogP contribution in [0.5, 0.6) is 0 Å². The van der Waals surface area contributed by atoms with Crippen molar-refractivity contribution >= 4 is 12.1 Å². The summed E-state index contributed by atoms with van der Waals surface area (Å²) < 4.78 is 10.7. The van der Waals surface area contributed by atoms with Crippen LogP contribution in [0.4, 0.5) is 4.79 Å². The number of hydrogen-bond acceptors (Lipinski definition) is 5. The Hall–Kier alpha value is -1.85. The first kappa shape index (κ1) is 8.74. The van der Waals surface area contributed by atoms with Crippen LogP contribution in [0.25, 0.3) is 0 Å². The summed E-state index contributed by atoms with van der Waals surface area (Å²) in [5, 5.41) is 0. The molecule has 1 unspecified atom stereocenters. The van der Waals surface area contributed by atoms with Gasteiger partial charge in [0.25, 0.3) is 0 Å². The van der Waals surface area contributed by atoms with Gasteiger partial charge < -0.3 is 9.47 Å². The van der Waals surface area contributed by atoms with E-state index in [-0.39, 0.29) is 0 Å². The lowest BCUT2D eigenvalue weighted by Gasteiger charge is -2.07.